The quantitative estimate of drug-likeness (QED) is 0.782. The standard InChI is InChI=1S/C14H7ClF4N2/c15-10-4-11(16)6-12(5-10)21-13-2-1-9(14(17,18)19)3-8(13)7-20/h1-6,21H. The second-order valence-electron chi connectivity index (χ2n) is 4.15. The number of rotatable bonds is 2. The van der Waals surface area contributed by atoms with Crippen molar-refractivity contribution in [3.8, 4) is 6.07 Å². The molecule has 2 aromatic rings. The summed E-state index contributed by atoms with van der Waals surface area (Å²) in [5.41, 5.74) is -0.768. The van der Waals surface area contributed by atoms with Gasteiger partial charge in [-0.2, -0.15) is 18.4 Å². The monoisotopic (exact) mass is 314 g/mol. The Hall–Kier alpha value is -2.26. The van der Waals surface area contributed by atoms with E-state index in [2.05, 4.69) is 5.32 Å². The zero-order valence-electron chi connectivity index (χ0n) is 10.3. The second-order valence-corrected chi connectivity index (χ2v) is 4.59. The summed E-state index contributed by atoms with van der Waals surface area (Å²) in [6.45, 7) is 0. The molecule has 2 nitrogen and oxygen atoms in total. The Morgan fingerprint density at radius 1 is 1.10 bits per heavy atom. The number of benzene rings is 2. The zero-order valence-corrected chi connectivity index (χ0v) is 11.1. The van der Waals surface area contributed by atoms with Gasteiger partial charge in [0.15, 0.2) is 0 Å². The van der Waals surface area contributed by atoms with E-state index in [9.17, 15) is 17.6 Å². The molecule has 0 fully saturated rings. The van der Waals surface area contributed by atoms with Crippen LogP contribution >= 0.6 is 11.6 Å². The van der Waals surface area contributed by atoms with E-state index in [1.807, 2.05) is 0 Å². The van der Waals surface area contributed by atoms with Gasteiger partial charge in [-0.05, 0) is 36.4 Å². The van der Waals surface area contributed by atoms with Crippen LogP contribution in [0.2, 0.25) is 5.02 Å². The number of alkyl halides is 3. The predicted octanol–water partition coefficient (Wildman–Crippen LogP) is 5.11. The van der Waals surface area contributed by atoms with Gasteiger partial charge in [-0.15, -0.1) is 0 Å². The van der Waals surface area contributed by atoms with Crippen LogP contribution in [0.5, 0.6) is 0 Å². The Kier molecular flexibility index (Phi) is 4.05. The molecule has 0 atom stereocenters. The lowest BCUT2D eigenvalue weighted by molar-refractivity contribution is -0.137. The van der Waals surface area contributed by atoms with E-state index in [0.29, 0.717) is 0 Å². The number of nitrogens with zero attached hydrogens (tertiary/aromatic N) is 1. The Morgan fingerprint density at radius 3 is 2.38 bits per heavy atom. The van der Waals surface area contributed by atoms with Gasteiger partial charge < -0.3 is 5.32 Å². The fourth-order valence-corrected chi connectivity index (χ4v) is 1.93. The lowest BCUT2D eigenvalue weighted by atomic mass is 10.1. The van der Waals surface area contributed by atoms with Crippen LogP contribution in [0.3, 0.4) is 0 Å². The van der Waals surface area contributed by atoms with E-state index < -0.39 is 17.6 Å². The summed E-state index contributed by atoms with van der Waals surface area (Å²) in [7, 11) is 0. The number of hydrogen-bond donors (Lipinski definition) is 1. The minimum atomic E-state index is -4.54. The van der Waals surface area contributed by atoms with E-state index in [4.69, 9.17) is 16.9 Å². The number of hydrogen-bond acceptors (Lipinski definition) is 2. The molecular formula is C14H7ClF4N2. The predicted molar refractivity (Wildman–Crippen MR) is 70.9 cm³/mol. The highest BCUT2D eigenvalue weighted by molar-refractivity contribution is 6.30. The molecule has 21 heavy (non-hydrogen) atoms. The molecule has 0 heterocycles. The topological polar surface area (TPSA) is 35.8 Å². The summed E-state index contributed by atoms with van der Waals surface area (Å²) >= 11 is 5.68. The van der Waals surface area contributed by atoms with Crippen molar-refractivity contribution in [1.29, 1.82) is 5.26 Å². The van der Waals surface area contributed by atoms with Gasteiger partial charge in [-0.3, -0.25) is 0 Å². The molecule has 0 radical (unpaired) electrons. The van der Waals surface area contributed by atoms with E-state index >= 15 is 0 Å². The van der Waals surface area contributed by atoms with E-state index in [0.717, 1.165) is 30.3 Å². The van der Waals surface area contributed by atoms with Crippen molar-refractivity contribution in [3.05, 3.63) is 58.4 Å². The average Bonchev–Trinajstić information content (AvgIpc) is 2.36. The molecule has 0 amide bonds. The van der Waals surface area contributed by atoms with Crippen molar-refractivity contribution in [3.63, 3.8) is 0 Å². The Bertz CT molecular complexity index is 700. The second kappa shape index (κ2) is 5.62. The molecule has 1 N–H and O–H groups in total. The molecule has 2 aromatic carbocycles. The van der Waals surface area contributed by atoms with Crippen LogP contribution in [0.4, 0.5) is 28.9 Å². The average molecular weight is 315 g/mol. The van der Waals surface area contributed by atoms with Gasteiger partial charge in [0, 0.05) is 10.7 Å². The lowest BCUT2D eigenvalue weighted by Crippen LogP contribution is -2.06. The Labute approximate surface area is 122 Å². The number of anilines is 2. The van der Waals surface area contributed by atoms with Crippen LogP contribution in [0.1, 0.15) is 11.1 Å². The molecule has 7 heteroatoms. The van der Waals surface area contributed by atoms with Crippen LogP contribution in [0, 0.1) is 17.1 Å². The highest BCUT2D eigenvalue weighted by Crippen LogP contribution is 2.32. The van der Waals surface area contributed by atoms with Crippen LogP contribution < -0.4 is 5.32 Å². The highest BCUT2D eigenvalue weighted by atomic mass is 35.5. The Balaban J connectivity index is 2.39. The van der Waals surface area contributed by atoms with Gasteiger partial charge >= 0.3 is 6.18 Å². The third-order valence-corrected chi connectivity index (χ3v) is 2.83. The van der Waals surface area contributed by atoms with E-state index in [-0.39, 0.29) is 22.0 Å². The van der Waals surface area contributed by atoms with Crippen LogP contribution in [0.25, 0.3) is 0 Å². The molecule has 0 aliphatic heterocycles. The fraction of sp³-hybridized carbons (Fsp3) is 0.0714. The van der Waals surface area contributed by atoms with Crippen molar-refractivity contribution in [2.24, 2.45) is 0 Å². The third kappa shape index (κ3) is 3.64. The summed E-state index contributed by atoms with van der Waals surface area (Å²) < 4.78 is 50.9. The van der Waals surface area contributed by atoms with Gasteiger partial charge in [0.25, 0.3) is 0 Å². The van der Waals surface area contributed by atoms with Gasteiger partial charge in [0.2, 0.25) is 0 Å². The maximum atomic E-state index is 13.2. The minimum absolute atomic E-state index is 0.128. The smallest absolute Gasteiger partial charge is 0.354 e. The normalized spacial score (nSPS) is 11.0. The minimum Gasteiger partial charge on any atom is -0.354 e. The summed E-state index contributed by atoms with van der Waals surface area (Å²) in [4.78, 5) is 0. The first-order valence-corrected chi connectivity index (χ1v) is 6.02. The van der Waals surface area contributed by atoms with Gasteiger partial charge in [0.1, 0.15) is 11.9 Å². The molecule has 0 aliphatic rings. The molecule has 0 saturated carbocycles. The summed E-state index contributed by atoms with van der Waals surface area (Å²) in [6, 6.07) is 7.94. The number of halogens is 5. The van der Waals surface area contributed by atoms with Crippen LogP contribution in [-0.4, -0.2) is 0 Å². The molecule has 0 unspecified atom stereocenters. The Morgan fingerprint density at radius 2 is 1.81 bits per heavy atom. The van der Waals surface area contributed by atoms with Crippen molar-refractivity contribution < 1.29 is 17.6 Å². The molecule has 0 aliphatic carbocycles. The van der Waals surface area contributed by atoms with Gasteiger partial charge in [-0.25, -0.2) is 4.39 Å². The first-order valence-electron chi connectivity index (χ1n) is 5.64. The summed E-state index contributed by atoms with van der Waals surface area (Å²) in [6.07, 6.45) is -4.54. The maximum absolute atomic E-state index is 13.2. The first kappa shape index (κ1) is 15.1. The maximum Gasteiger partial charge on any atom is 0.416 e. The van der Waals surface area contributed by atoms with Crippen LogP contribution in [-0.2, 0) is 6.18 Å². The summed E-state index contributed by atoms with van der Waals surface area (Å²) in [5, 5.41) is 11.7. The van der Waals surface area contributed by atoms with Crippen molar-refractivity contribution >= 4 is 23.0 Å². The third-order valence-electron chi connectivity index (χ3n) is 2.61. The number of nitriles is 1. The SMILES string of the molecule is N#Cc1cc(C(F)(F)F)ccc1Nc1cc(F)cc(Cl)c1. The molecule has 0 saturated heterocycles. The number of nitrogens with one attached hydrogen (secondary N) is 1. The van der Waals surface area contributed by atoms with Crippen molar-refractivity contribution in [2.75, 3.05) is 5.32 Å². The summed E-state index contributed by atoms with van der Waals surface area (Å²) in [5.74, 6) is -0.601. The molecular weight excluding hydrogens is 308 g/mol. The van der Waals surface area contributed by atoms with Crippen LogP contribution in [0.15, 0.2) is 36.4 Å². The van der Waals surface area contributed by atoms with Gasteiger partial charge in [-0.1, -0.05) is 11.6 Å². The lowest BCUT2D eigenvalue weighted by Gasteiger charge is -2.12. The largest absolute Gasteiger partial charge is 0.416 e. The molecule has 0 aromatic heterocycles. The highest BCUT2D eigenvalue weighted by Gasteiger charge is 2.31. The fourth-order valence-electron chi connectivity index (χ4n) is 1.70. The molecule has 0 spiro atoms. The zero-order chi connectivity index (χ0) is 15.6. The van der Waals surface area contributed by atoms with E-state index in [1.165, 1.54) is 6.07 Å². The van der Waals surface area contributed by atoms with Crippen molar-refractivity contribution in [2.45, 2.75) is 6.18 Å². The molecule has 2 rings (SSSR count). The molecule has 108 valence electrons. The van der Waals surface area contributed by atoms with Gasteiger partial charge in [0.05, 0.1) is 16.8 Å². The van der Waals surface area contributed by atoms with Crippen molar-refractivity contribution in [1.82, 2.24) is 0 Å². The van der Waals surface area contributed by atoms with E-state index in [1.54, 1.807) is 6.07 Å². The first-order chi connectivity index (χ1) is 9.79. The molecule has 0 bridgehead atoms.